The van der Waals surface area contributed by atoms with Gasteiger partial charge in [0.25, 0.3) is 0 Å². The Morgan fingerprint density at radius 1 is 0.800 bits per heavy atom. The highest BCUT2D eigenvalue weighted by Crippen LogP contribution is 2.24. The Bertz CT molecular complexity index is 1160. The summed E-state index contributed by atoms with van der Waals surface area (Å²) in [5.74, 6) is 2.78. The van der Waals surface area contributed by atoms with Gasteiger partial charge in [0.2, 0.25) is 0 Å². The molecule has 4 heteroatoms. The summed E-state index contributed by atoms with van der Waals surface area (Å²) < 4.78 is 14.5. The number of rotatable bonds is 7. The Kier molecular flexibility index (Phi) is 5.75. The smallest absolute Gasteiger partial charge is 0.148 e. The highest BCUT2D eigenvalue weighted by atomic mass is 16.5. The second-order valence-electron chi connectivity index (χ2n) is 7.80. The van der Waals surface area contributed by atoms with E-state index in [4.69, 9.17) is 14.5 Å². The van der Waals surface area contributed by atoms with Gasteiger partial charge < -0.3 is 14.0 Å². The van der Waals surface area contributed by atoms with E-state index in [0.717, 1.165) is 45.0 Å². The molecule has 0 bridgehead atoms. The van der Waals surface area contributed by atoms with Gasteiger partial charge in [-0.2, -0.15) is 0 Å². The molecule has 1 heterocycles. The lowest BCUT2D eigenvalue weighted by molar-refractivity contribution is 0.270. The Labute approximate surface area is 178 Å². The van der Waals surface area contributed by atoms with E-state index in [1.165, 1.54) is 5.56 Å². The first-order chi connectivity index (χ1) is 14.5. The summed E-state index contributed by atoms with van der Waals surface area (Å²) in [6.07, 6.45) is 0. The third kappa shape index (κ3) is 4.18. The van der Waals surface area contributed by atoms with E-state index in [1.54, 1.807) is 0 Å². The minimum atomic E-state index is 0.419. The molecule has 0 atom stereocenters. The van der Waals surface area contributed by atoms with Gasteiger partial charge >= 0.3 is 0 Å². The monoisotopic (exact) mass is 400 g/mol. The van der Waals surface area contributed by atoms with E-state index in [1.807, 2.05) is 18.2 Å². The standard InChI is InChI=1S/C26H28N2O2/c1-18-12-13-19(2)24(16-18)30-17-25-27-22-10-5-6-11-23(22)28(25)14-15-29-26-20(3)8-7-9-21(26)4/h5-13,16H,14-15,17H2,1-4H3. The highest BCUT2D eigenvalue weighted by molar-refractivity contribution is 5.75. The molecule has 4 nitrogen and oxygen atoms in total. The predicted octanol–water partition coefficient (Wildman–Crippen LogP) is 5.93. The number of aromatic nitrogens is 2. The molecular formula is C26H28N2O2. The molecule has 3 aromatic carbocycles. The second-order valence-corrected chi connectivity index (χ2v) is 7.80. The van der Waals surface area contributed by atoms with Crippen molar-refractivity contribution in [2.24, 2.45) is 0 Å². The van der Waals surface area contributed by atoms with Crippen molar-refractivity contribution in [1.29, 1.82) is 0 Å². The third-order valence-electron chi connectivity index (χ3n) is 5.40. The van der Waals surface area contributed by atoms with Crippen LogP contribution in [0.5, 0.6) is 11.5 Å². The van der Waals surface area contributed by atoms with Gasteiger partial charge in [-0.05, 0) is 68.1 Å². The molecule has 0 spiro atoms. The van der Waals surface area contributed by atoms with Crippen LogP contribution in [0.25, 0.3) is 11.0 Å². The molecule has 0 N–H and O–H groups in total. The van der Waals surface area contributed by atoms with Gasteiger partial charge in [-0.3, -0.25) is 0 Å². The average Bonchev–Trinajstić information content (AvgIpc) is 3.08. The summed E-state index contributed by atoms with van der Waals surface area (Å²) in [6, 6.07) is 20.7. The van der Waals surface area contributed by atoms with Crippen LogP contribution in [0.3, 0.4) is 0 Å². The van der Waals surface area contributed by atoms with Crippen molar-refractivity contribution >= 4 is 11.0 Å². The molecule has 1 aromatic heterocycles. The summed E-state index contributed by atoms with van der Waals surface area (Å²) in [4.78, 5) is 4.82. The zero-order valence-electron chi connectivity index (χ0n) is 18.1. The minimum Gasteiger partial charge on any atom is -0.491 e. The minimum absolute atomic E-state index is 0.419. The van der Waals surface area contributed by atoms with E-state index in [-0.39, 0.29) is 0 Å². The molecule has 30 heavy (non-hydrogen) atoms. The molecule has 4 aromatic rings. The molecule has 0 radical (unpaired) electrons. The van der Waals surface area contributed by atoms with Gasteiger partial charge in [-0.15, -0.1) is 0 Å². The van der Waals surface area contributed by atoms with Crippen LogP contribution in [-0.4, -0.2) is 16.2 Å². The first-order valence-corrected chi connectivity index (χ1v) is 10.4. The maximum Gasteiger partial charge on any atom is 0.148 e. The Hall–Kier alpha value is -3.27. The number of hydrogen-bond donors (Lipinski definition) is 0. The fraction of sp³-hybridized carbons (Fsp3) is 0.269. The molecule has 0 fully saturated rings. The number of para-hydroxylation sites is 3. The maximum atomic E-state index is 6.15. The molecule has 0 saturated heterocycles. The zero-order valence-corrected chi connectivity index (χ0v) is 18.1. The number of ether oxygens (including phenoxy) is 2. The molecule has 154 valence electrons. The average molecular weight is 401 g/mol. The van der Waals surface area contributed by atoms with Gasteiger partial charge in [-0.1, -0.05) is 42.5 Å². The van der Waals surface area contributed by atoms with E-state index in [0.29, 0.717) is 19.8 Å². The normalized spacial score (nSPS) is 11.1. The molecule has 0 saturated carbocycles. The fourth-order valence-corrected chi connectivity index (χ4v) is 3.76. The lowest BCUT2D eigenvalue weighted by Gasteiger charge is -2.15. The van der Waals surface area contributed by atoms with Crippen LogP contribution in [0.1, 0.15) is 28.1 Å². The predicted molar refractivity (Wildman–Crippen MR) is 121 cm³/mol. The summed E-state index contributed by atoms with van der Waals surface area (Å²) in [5.41, 5.74) is 6.70. The molecular weight excluding hydrogens is 372 g/mol. The number of nitrogens with zero attached hydrogens (tertiary/aromatic N) is 2. The number of aryl methyl sites for hydroxylation is 4. The van der Waals surface area contributed by atoms with E-state index in [9.17, 15) is 0 Å². The van der Waals surface area contributed by atoms with Crippen molar-refractivity contribution in [2.45, 2.75) is 40.8 Å². The molecule has 0 aliphatic heterocycles. The van der Waals surface area contributed by atoms with Crippen molar-refractivity contribution in [3.8, 4) is 11.5 Å². The zero-order chi connectivity index (χ0) is 21.1. The number of fused-ring (bicyclic) bond motifs is 1. The summed E-state index contributed by atoms with van der Waals surface area (Å²) in [7, 11) is 0. The fourth-order valence-electron chi connectivity index (χ4n) is 3.76. The second kappa shape index (κ2) is 8.62. The summed E-state index contributed by atoms with van der Waals surface area (Å²) >= 11 is 0. The van der Waals surface area contributed by atoms with Gasteiger partial charge in [0.05, 0.1) is 17.6 Å². The topological polar surface area (TPSA) is 36.3 Å². The number of benzene rings is 3. The van der Waals surface area contributed by atoms with Crippen molar-refractivity contribution in [2.75, 3.05) is 6.61 Å². The van der Waals surface area contributed by atoms with Gasteiger partial charge in [0.1, 0.15) is 30.5 Å². The van der Waals surface area contributed by atoms with Gasteiger partial charge in [0, 0.05) is 0 Å². The highest BCUT2D eigenvalue weighted by Gasteiger charge is 2.12. The van der Waals surface area contributed by atoms with Crippen molar-refractivity contribution in [1.82, 2.24) is 9.55 Å². The first kappa shape index (κ1) is 20.0. The van der Waals surface area contributed by atoms with Gasteiger partial charge in [0.15, 0.2) is 0 Å². The quantitative estimate of drug-likeness (QED) is 0.386. The van der Waals surface area contributed by atoms with E-state index >= 15 is 0 Å². The van der Waals surface area contributed by atoms with Crippen LogP contribution in [-0.2, 0) is 13.2 Å². The number of hydrogen-bond acceptors (Lipinski definition) is 3. The van der Waals surface area contributed by atoms with Gasteiger partial charge in [-0.25, -0.2) is 4.98 Å². The van der Waals surface area contributed by atoms with E-state index in [2.05, 4.69) is 74.7 Å². The molecule has 0 aliphatic carbocycles. The molecule has 0 amide bonds. The number of imidazole rings is 1. The third-order valence-corrected chi connectivity index (χ3v) is 5.40. The maximum absolute atomic E-state index is 6.15. The van der Waals surface area contributed by atoms with Crippen LogP contribution in [0.2, 0.25) is 0 Å². The molecule has 0 aliphatic rings. The van der Waals surface area contributed by atoms with Crippen LogP contribution in [0, 0.1) is 27.7 Å². The summed E-state index contributed by atoms with van der Waals surface area (Å²) in [6.45, 7) is 10.0. The molecule has 4 rings (SSSR count). The van der Waals surface area contributed by atoms with Crippen molar-refractivity contribution < 1.29 is 9.47 Å². The van der Waals surface area contributed by atoms with Crippen LogP contribution < -0.4 is 9.47 Å². The Morgan fingerprint density at radius 3 is 2.37 bits per heavy atom. The lowest BCUT2D eigenvalue weighted by atomic mass is 10.1. The summed E-state index contributed by atoms with van der Waals surface area (Å²) in [5, 5.41) is 0. The first-order valence-electron chi connectivity index (χ1n) is 10.4. The Balaban J connectivity index is 1.55. The van der Waals surface area contributed by atoms with Crippen molar-refractivity contribution in [3.05, 3.63) is 88.7 Å². The molecule has 0 unspecified atom stereocenters. The van der Waals surface area contributed by atoms with Crippen molar-refractivity contribution in [3.63, 3.8) is 0 Å². The van der Waals surface area contributed by atoms with Crippen LogP contribution in [0.15, 0.2) is 60.7 Å². The van der Waals surface area contributed by atoms with Crippen LogP contribution in [0.4, 0.5) is 0 Å². The van der Waals surface area contributed by atoms with E-state index < -0.39 is 0 Å². The SMILES string of the molecule is Cc1ccc(C)c(OCc2nc3ccccc3n2CCOc2c(C)cccc2C)c1. The lowest BCUT2D eigenvalue weighted by Crippen LogP contribution is -2.13. The largest absolute Gasteiger partial charge is 0.491 e. The van der Waals surface area contributed by atoms with Crippen LogP contribution >= 0.6 is 0 Å². The Morgan fingerprint density at radius 2 is 1.57 bits per heavy atom.